The Kier molecular flexibility index (Phi) is 8.45. The first-order valence-electron chi connectivity index (χ1n) is 11.1. The van der Waals surface area contributed by atoms with Crippen molar-refractivity contribution in [2.75, 3.05) is 0 Å². The molecule has 3 aromatic rings. The zero-order valence-corrected chi connectivity index (χ0v) is 21.0. The van der Waals surface area contributed by atoms with Crippen LogP contribution in [0.15, 0.2) is 89.4 Å². The molecule has 0 heterocycles. The Morgan fingerprint density at radius 1 is 0.848 bits per heavy atom. The highest BCUT2D eigenvalue weighted by atomic mass is 79.9. The molecule has 2 amide bonds. The topological polar surface area (TPSA) is 49.4 Å². The standard InChI is InChI=1S/C28H31BrN2O2/c1-28(2,3)30-27(33)25(18-21-11-6-4-7-12-21)31(20-23-15-10-16-24(29)17-23)26(32)19-22-13-8-5-9-14-22/h4-17,25H,18-20H2,1-3H3,(H,30,33)/t25-/m0/s1. The van der Waals surface area contributed by atoms with Crippen LogP contribution in [0.4, 0.5) is 0 Å². The normalized spacial score (nSPS) is 12.1. The van der Waals surface area contributed by atoms with Gasteiger partial charge in [0, 0.05) is 23.0 Å². The smallest absolute Gasteiger partial charge is 0.243 e. The fraction of sp³-hybridized carbons (Fsp3) is 0.286. The molecule has 0 fully saturated rings. The van der Waals surface area contributed by atoms with Gasteiger partial charge >= 0.3 is 0 Å². The Bertz CT molecular complexity index is 1060. The van der Waals surface area contributed by atoms with Gasteiger partial charge in [0.25, 0.3) is 0 Å². The molecule has 0 saturated carbocycles. The molecule has 5 heteroatoms. The summed E-state index contributed by atoms with van der Waals surface area (Å²) in [5.74, 6) is -0.228. The highest BCUT2D eigenvalue weighted by Gasteiger charge is 2.32. The number of amides is 2. The molecule has 0 aromatic heterocycles. The summed E-state index contributed by atoms with van der Waals surface area (Å²) in [7, 11) is 0. The van der Waals surface area contributed by atoms with E-state index in [1.165, 1.54) is 0 Å². The Morgan fingerprint density at radius 3 is 2.00 bits per heavy atom. The van der Waals surface area contributed by atoms with Gasteiger partial charge in [0.05, 0.1) is 6.42 Å². The number of rotatable bonds is 8. The van der Waals surface area contributed by atoms with Crippen LogP contribution in [0.25, 0.3) is 0 Å². The largest absolute Gasteiger partial charge is 0.350 e. The number of nitrogens with one attached hydrogen (secondary N) is 1. The average Bonchev–Trinajstić information content (AvgIpc) is 2.76. The van der Waals surface area contributed by atoms with Gasteiger partial charge in [-0.3, -0.25) is 9.59 Å². The lowest BCUT2D eigenvalue weighted by Gasteiger charge is -2.34. The Balaban J connectivity index is 1.98. The Morgan fingerprint density at radius 2 is 1.42 bits per heavy atom. The minimum Gasteiger partial charge on any atom is -0.350 e. The SMILES string of the molecule is CC(C)(C)NC(=O)[C@H](Cc1ccccc1)N(Cc1cccc(Br)c1)C(=O)Cc1ccccc1. The van der Waals surface area contributed by atoms with Crippen LogP contribution in [0, 0.1) is 0 Å². The molecule has 33 heavy (non-hydrogen) atoms. The average molecular weight is 507 g/mol. The molecule has 0 unspecified atom stereocenters. The summed E-state index contributed by atoms with van der Waals surface area (Å²) in [5, 5.41) is 3.09. The molecule has 0 bridgehead atoms. The van der Waals surface area contributed by atoms with Gasteiger partial charge in [-0.2, -0.15) is 0 Å². The van der Waals surface area contributed by atoms with Gasteiger partial charge in [0.15, 0.2) is 0 Å². The van der Waals surface area contributed by atoms with Gasteiger partial charge in [0.1, 0.15) is 6.04 Å². The van der Waals surface area contributed by atoms with Crippen LogP contribution in [-0.4, -0.2) is 28.3 Å². The van der Waals surface area contributed by atoms with E-state index in [0.717, 1.165) is 21.2 Å². The molecule has 1 atom stereocenters. The number of nitrogens with zero attached hydrogens (tertiary/aromatic N) is 1. The van der Waals surface area contributed by atoms with Crippen molar-refractivity contribution < 1.29 is 9.59 Å². The zero-order valence-electron chi connectivity index (χ0n) is 19.4. The molecule has 0 radical (unpaired) electrons. The van der Waals surface area contributed by atoms with Gasteiger partial charge in [-0.25, -0.2) is 0 Å². The maximum atomic E-state index is 13.6. The Labute approximate surface area is 205 Å². The molecule has 0 aliphatic rings. The van der Waals surface area contributed by atoms with Crippen LogP contribution >= 0.6 is 15.9 Å². The number of halogens is 1. The van der Waals surface area contributed by atoms with E-state index in [-0.39, 0.29) is 18.2 Å². The van der Waals surface area contributed by atoms with Crippen LogP contribution in [0.5, 0.6) is 0 Å². The fourth-order valence-corrected chi connectivity index (χ4v) is 4.16. The first-order valence-corrected chi connectivity index (χ1v) is 11.9. The van der Waals surface area contributed by atoms with Crippen LogP contribution in [0.1, 0.15) is 37.5 Å². The van der Waals surface area contributed by atoms with Crippen molar-refractivity contribution in [1.82, 2.24) is 10.2 Å². The lowest BCUT2D eigenvalue weighted by Crippen LogP contribution is -2.54. The predicted octanol–water partition coefficient (Wildman–Crippen LogP) is 5.55. The maximum absolute atomic E-state index is 13.6. The molecule has 3 aromatic carbocycles. The van der Waals surface area contributed by atoms with E-state index < -0.39 is 11.6 Å². The van der Waals surface area contributed by atoms with E-state index in [1.54, 1.807) is 4.90 Å². The third-order valence-corrected chi connectivity index (χ3v) is 5.70. The van der Waals surface area contributed by atoms with Gasteiger partial charge in [-0.1, -0.05) is 88.7 Å². The molecule has 4 nitrogen and oxygen atoms in total. The highest BCUT2D eigenvalue weighted by Crippen LogP contribution is 2.19. The second-order valence-corrected chi connectivity index (χ2v) is 10.2. The van der Waals surface area contributed by atoms with Crippen molar-refractivity contribution >= 4 is 27.7 Å². The summed E-state index contributed by atoms with van der Waals surface area (Å²) in [6.07, 6.45) is 0.681. The minimum absolute atomic E-state index is 0.0776. The first-order chi connectivity index (χ1) is 15.7. The third kappa shape index (κ3) is 7.86. The summed E-state index contributed by atoms with van der Waals surface area (Å²) < 4.78 is 0.939. The van der Waals surface area contributed by atoms with E-state index in [9.17, 15) is 9.59 Å². The van der Waals surface area contributed by atoms with Crippen molar-refractivity contribution in [2.45, 2.75) is 51.7 Å². The van der Waals surface area contributed by atoms with Crippen molar-refractivity contribution in [3.05, 3.63) is 106 Å². The monoisotopic (exact) mass is 506 g/mol. The number of hydrogen-bond donors (Lipinski definition) is 1. The van der Waals surface area contributed by atoms with E-state index in [4.69, 9.17) is 0 Å². The molecule has 0 aliphatic carbocycles. The van der Waals surface area contributed by atoms with Crippen molar-refractivity contribution in [1.29, 1.82) is 0 Å². The van der Waals surface area contributed by atoms with Crippen molar-refractivity contribution in [3.8, 4) is 0 Å². The van der Waals surface area contributed by atoms with Crippen LogP contribution in [0.2, 0.25) is 0 Å². The van der Waals surface area contributed by atoms with Crippen molar-refractivity contribution in [2.24, 2.45) is 0 Å². The van der Waals surface area contributed by atoms with E-state index >= 15 is 0 Å². The van der Waals surface area contributed by atoms with E-state index in [0.29, 0.717) is 13.0 Å². The number of carbonyl (C=O) groups excluding carboxylic acids is 2. The number of carbonyl (C=O) groups is 2. The van der Waals surface area contributed by atoms with E-state index in [2.05, 4.69) is 21.2 Å². The fourth-order valence-electron chi connectivity index (χ4n) is 3.71. The quantitative estimate of drug-likeness (QED) is 0.435. The van der Waals surface area contributed by atoms with Crippen LogP contribution in [-0.2, 0) is 29.0 Å². The number of hydrogen-bond acceptors (Lipinski definition) is 2. The van der Waals surface area contributed by atoms with Crippen molar-refractivity contribution in [3.63, 3.8) is 0 Å². The maximum Gasteiger partial charge on any atom is 0.243 e. The highest BCUT2D eigenvalue weighted by molar-refractivity contribution is 9.10. The van der Waals surface area contributed by atoms with E-state index in [1.807, 2.05) is 106 Å². The minimum atomic E-state index is -0.637. The molecule has 3 rings (SSSR count). The molecule has 0 spiro atoms. The first kappa shape index (κ1) is 24.7. The second kappa shape index (κ2) is 11.3. The van der Waals surface area contributed by atoms with Gasteiger partial charge in [0.2, 0.25) is 11.8 Å². The molecular weight excluding hydrogens is 476 g/mol. The third-order valence-electron chi connectivity index (χ3n) is 5.21. The van der Waals surface area contributed by atoms with Crippen LogP contribution in [0.3, 0.4) is 0 Å². The predicted molar refractivity (Wildman–Crippen MR) is 137 cm³/mol. The van der Waals surface area contributed by atoms with Gasteiger partial charge in [-0.15, -0.1) is 0 Å². The second-order valence-electron chi connectivity index (χ2n) is 9.26. The van der Waals surface area contributed by atoms with Crippen LogP contribution < -0.4 is 5.32 Å². The summed E-state index contributed by atoms with van der Waals surface area (Å²) in [5.41, 5.74) is 2.50. The molecule has 0 aliphatic heterocycles. The lowest BCUT2D eigenvalue weighted by atomic mass is 10.00. The van der Waals surface area contributed by atoms with Gasteiger partial charge in [-0.05, 0) is 49.6 Å². The molecule has 0 saturated heterocycles. The zero-order chi connectivity index (χ0) is 23.8. The lowest BCUT2D eigenvalue weighted by molar-refractivity contribution is -0.141. The summed E-state index contributed by atoms with van der Waals surface area (Å²) in [6, 6.07) is 26.8. The molecular formula is C28H31BrN2O2. The summed E-state index contributed by atoms with van der Waals surface area (Å²) in [4.78, 5) is 28.9. The van der Waals surface area contributed by atoms with Gasteiger partial charge < -0.3 is 10.2 Å². The number of benzene rings is 3. The summed E-state index contributed by atoms with van der Waals surface area (Å²) in [6.45, 7) is 6.21. The molecule has 1 N–H and O–H groups in total. The Hall–Kier alpha value is -2.92. The summed E-state index contributed by atoms with van der Waals surface area (Å²) >= 11 is 3.52. The molecule has 172 valence electrons.